The van der Waals surface area contributed by atoms with E-state index in [1.807, 2.05) is 42.2 Å². The van der Waals surface area contributed by atoms with Gasteiger partial charge in [0.1, 0.15) is 5.75 Å². The summed E-state index contributed by atoms with van der Waals surface area (Å²) >= 11 is 0. The molecule has 1 fully saturated rings. The van der Waals surface area contributed by atoms with Crippen LogP contribution in [0.2, 0.25) is 0 Å². The molecule has 0 saturated carbocycles. The van der Waals surface area contributed by atoms with Crippen LogP contribution in [-0.4, -0.2) is 56.6 Å². The Kier molecular flexibility index (Phi) is 11.3. The molecule has 7 heteroatoms. The zero-order valence-electron chi connectivity index (χ0n) is 19.0. The fourth-order valence-electron chi connectivity index (χ4n) is 3.86. The molecule has 0 radical (unpaired) electrons. The van der Waals surface area contributed by atoms with Crippen molar-refractivity contribution in [2.24, 2.45) is 10.9 Å². The van der Waals surface area contributed by atoms with Crippen molar-refractivity contribution in [3.05, 3.63) is 65.7 Å². The van der Waals surface area contributed by atoms with Crippen LogP contribution in [-0.2, 0) is 17.6 Å². The number of nitrogens with zero attached hydrogens (tertiary/aromatic N) is 2. The number of carbonyl (C=O) groups excluding carboxylic acids is 1. The molecule has 1 atom stereocenters. The van der Waals surface area contributed by atoms with Gasteiger partial charge in [-0.05, 0) is 43.0 Å². The SMILES string of the molecule is CCOc1cccc(CCNC(=NC)NCC2CC(=O)N(CCc3ccccc3)C2)c1.I. The van der Waals surface area contributed by atoms with Gasteiger partial charge in [0, 0.05) is 45.6 Å². The lowest BCUT2D eigenvalue weighted by atomic mass is 10.1. The first-order chi connectivity index (χ1) is 15.2. The van der Waals surface area contributed by atoms with Crippen molar-refractivity contribution in [2.75, 3.05) is 39.8 Å². The van der Waals surface area contributed by atoms with Crippen LogP contribution in [0.4, 0.5) is 0 Å². The normalized spacial score (nSPS) is 15.9. The van der Waals surface area contributed by atoms with Gasteiger partial charge in [-0.2, -0.15) is 0 Å². The highest BCUT2D eigenvalue weighted by atomic mass is 127. The molecule has 1 aliphatic heterocycles. The molecule has 6 nitrogen and oxygen atoms in total. The molecular weight excluding hydrogens is 515 g/mol. The van der Waals surface area contributed by atoms with Crippen LogP contribution in [0.25, 0.3) is 0 Å². The number of hydrogen-bond donors (Lipinski definition) is 2. The van der Waals surface area contributed by atoms with Crippen molar-refractivity contribution < 1.29 is 9.53 Å². The highest BCUT2D eigenvalue weighted by Gasteiger charge is 2.29. The molecule has 1 amide bonds. The molecule has 0 aromatic heterocycles. The molecular formula is C25H35IN4O2. The third kappa shape index (κ3) is 8.33. The molecule has 174 valence electrons. The first kappa shape index (κ1) is 26.0. The van der Waals surface area contributed by atoms with Crippen molar-refractivity contribution in [1.29, 1.82) is 0 Å². The number of amides is 1. The molecule has 2 N–H and O–H groups in total. The van der Waals surface area contributed by atoms with Crippen molar-refractivity contribution in [3.63, 3.8) is 0 Å². The maximum atomic E-state index is 12.4. The first-order valence-corrected chi connectivity index (χ1v) is 11.2. The fourth-order valence-corrected chi connectivity index (χ4v) is 3.86. The summed E-state index contributed by atoms with van der Waals surface area (Å²) in [4.78, 5) is 18.7. The second-order valence-electron chi connectivity index (χ2n) is 7.86. The monoisotopic (exact) mass is 550 g/mol. The molecule has 32 heavy (non-hydrogen) atoms. The molecule has 1 aliphatic rings. The Bertz CT molecular complexity index is 860. The molecule has 1 unspecified atom stereocenters. The highest BCUT2D eigenvalue weighted by molar-refractivity contribution is 14.0. The summed E-state index contributed by atoms with van der Waals surface area (Å²) in [5, 5.41) is 6.74. The number of guanidine groups is 1. The largest absolute Gasteiger partial charge is 0.494 e. The van der Waals surface area contributed by atoms with E-state index in [4.69, 9.17) is 4.74 Å². The van der Waals surface area contributed by atoms with Crippen LogP contribution in [0.15, 0.2) is 59.6 Å². The second kappa shape index (κ2) is 14.0. The number of ether oxygens (including phenoxy) is 1. The molecule has 2 aromatic rings. The van der Waals surface area contributed by atoms with E-state index in [9.17, 15) is 4.79 Å². The van der Waals surface area contributed by atoms with E-state index in [2.05, 4.69) is 39.9 Å². The minimum Gasteiger partial charge on any atom is -0.494 e. The predicted molar refractivity (Wildman–Crippen MR) is 141 cm³/mol. The van der Waals surface area contributed by atoms with E-state index in [-0.39, 0.29) is 29.9 Å². The van der Waals surface area contributed by atoms with Gasteiger partial charge < -0.3 is 20.3 Å². The van der Waals surface area contributed by atoms with E-state index in [1.54, 1.807) is 7.05 Å². The van der Waals surface area contributed by atoms with Gasteiger partial charge in [0.05, 0.1) is 6.61 Å². The number of rotatable bonds is 10. The number of likely N-dealkylation sites (tertiary alicyclic amines) is 1. The zero-order chi connectivity index (χ0) is 21.9. The first-order valence-electron chi connectivity index (χ1n) is 11.2. The van der Waals surface area contributed by atoms with Gasteiger partial charge in [0.15, 0.2) is 5.96 Å². The lowest BCUT2D eigenvalue weighted by molar-refractivity contribution is -0.127. The highest BCUT2D eigenvalue weighted by Crippen LogP contribution is 2.17. The molecule has 0 bridgehead atoms. The fraction of sp³-hybridized carbons (Fsp3) is 0.440. The standard InChI is InChI=1S/C25H34N4O2.HI/c1-3-31-23-11-7-10-21(16-23)12-14-27-25(26-2)28-18-22-17-24(30)29(19-22)15-13-20-8-5-4-6-9-20;/h4-11,16,22H,3,12-15,17-19H2,1-2H3,(H2,26,27,28);1H. The van der Waals surface area contributed by atoms with Gasteiger partial charge in [0.2, 0.25) is 5.91 Å². The van der Waals surface area contributed by atoms with Crippen LogP contribution in [0.3, 0.4) is 0 Å². The van der Waals surface area contributed by atoms with Crippen LogP contribution in [0.5, 0.6) is 5.75 Å². The second-order valence-corrected chi connectivity index (χ2v) is 7.86. The van der Waals surface area contributed by atoms with Crippen molar-refractivity contribution >= 4 is 35.8 Å². The Balaban J connectivity index is 0.00000363. The summed E-state index contributed by atoms with van der Waals surface area (Å²) in [6, 6.07) is 18.5. The smallest absolute Gasteiger partial charge is 0.223 e. The Hall–Kier alpha value is -2.29. The van der Waals surface area contributed by atoms with Crippen molar-refractivity contribution in [3.8, 4) is 5.75 Å². The van der Waals surface area contributed by atoms with E-state index in [1.165, 1.54) is 11.1 Å². The lowest BCUT2D eigenvalue weighted by Crippen LogP contribution is -2.41. The molecule has 3 rings (SSSR count). The number of benzene rings is 2. The van der Waals surface area contributed by atoms with Gasteiger partial charge >= 0.3 is 0 Å². The average Bonchev–Trinajstić information content (AvgIpc) is 3.15. The van der Waals surface area contributed by atoms with Gasteiger partial charge in [-0.15, -0.1) is 24.0 Å². The Morgan fingerprint density at radius 1 is 1.09 bits per heavy atom. The van der Waals surface area contributed by atoms with E-state index < -0.39 is 0 Å². The number of carbonyl (C=O) groups is 1. The third-order valence-corrected chi connectivity index (χ3v) is 5.51. The van der Waals surface area contributed by atoms with E-state index in [0.29, 0.717) is 18.9 Å². The Labute approximate surface area is 208 Å². The van der Waals surface area contributed by atoms with E-state index >= 15 is 0 Å². The maximum Gasteiger partial charge on any atom is 0.223 e. The summed E-state index contributed by atoms with van der Waals surface area (Å²) < 4.78 is 5.56. The Morgan fingerprint density at radius 3 is 2.62 bits per heavy atom. The molecule has 2 aromatic carbocycles. The topological polar surface area (TPSA) is 66.0 Å². The average molecular weight is 550 g/mol. The molecule has 1 heterocycles. The quantitative estimate of drug-likeness (QED) is 0.270. The number of aliphatic imine (C=N–C) groups is 1. The predicted octanol–water partition coefficient (Wildman–Crippen LogP) is 3.50. The van der Waals surface area contributed by atoms with Crippen molar-refractivity contribution in [2.45, 2.75) is 26.2 Å². The van der Waals surface area contributed by atoms with Crippen LogP contribution < -0.4 is 15.4 Å². The summed E-state index contributed by atoms with van der Waals surface area (Å²) in [6.07, 6.45) is 2.39. The molecule has 0 aliphatic carbocycles. The summed E-state index contributed by atoms with van der Waals surface area (Å²) in [6.45, 7) is 5.78. The summed E-state index contributed by atoms with van der Waals surface area (Å²) in [7, 11) is 1.77. The summed E-state index contributed by atoms with van der Waals surface area (Å²) in [5.41, 5.74) is 2.50. The summed E-state index contributed by atoms with van der Waals surface area (Å²) in [5.74, 6) is 2.24. The van der Waals surface area contributed by atoms with Crippen LogP contribution in [0, 0.1) is 5.92 Å². The maximum absolute atomic E-state index is 12.4. The van der Waals surface area contributed by atoms with Gasteiger partial charge in [-0.25, -0.2) is 0 Å². The van der Waals surface area contributed by atoms with Crippen molar-refractivity contribution in [1.82, 2.24) is 15.5 Å². The van der Waals surface area contributed by atoms with Gasteiger partial charge in [-0.3, -0.25) is 9.79 Å². The number of halogens is 1. The van der Waals surface area contributed by atoms with E-state index in [0.717, 1.165) is 50.7 Å². The lowest BCUT2D eigenvalue weighted by Gasteiger charge is -2.18. The molecule has 1 saturated heterocycles. The van der Waals surface area contributed by atoms with Crippen LogP contribution >= 0.6 is 24.0 Å². The molecule has 0 spiro atoms. The number of nitrogens with one attached hydrogen (secondary N) is 2. The zero-order valence-corrected chi connectivity index (χ0v) is 21.4. The van der Waals surface area contributed by atoms with Gasteiger partial charge in [-0.1, -0.05) is 42.5 Å². The number of hydrogen-bond acceptors (Lipinski definition) is 3. The third-order valence-electron chi connectivity index (χ3n) is 5.51. The van der Waals surface area contributed by atoms with Crippen LogP contribution in [0.1, 0.15) is 24.5 Å². The Morgan fingerprint density at radius 2 is 1.88 bits per heavy atom. The minimum absolute atomic E-state index is 0. The van der Waals surface area contributed by atoms with Gasteiger partial charge in [0.25, 0.3) is 0 Å². The minimum atomic E-state index is 0.